The van der Waals surface area contributed by atoms with Gasteiger partial charge in [-0.05, 0) is 42.9 Å². The zero-order valence-electron chi connectivity index (χ0n) is 13.4. The van der Waals surface area contributed by atoms with Gasteiger partial charge in [0.15, 0.2) is 0 Å². The predicted octanol–water partition coefficient (Wildman–Crippen LogP) is 2.96. The number of nitrogens with one attached hydrogen (secondary N) is 2. The lowest BCUT2D eigenvalue weighted by molar-refractivity contribution is 0.313. The number of nitrogens with zero attached hydrogens (tertiary/aromatic N) is 1. The first kappa shape index (κ1) is 15.2. The first-order valence-electron chi connectivity index (χ1n) is 7.93. The first-order chi connectivity index (χ1) is 11.5. The molecule has 6 heteroatoms. The smallest absolute Gasteiger partial charge is 0.261 e. The number of fused-ring (bicyclic) bond motifs is 3. The average molecular weight is 341 g/mol. The normalized spacial score (nSPS) is 15.4. The molecule has 124 valence electrons. The van der Waals surface area contributed by atoms with Crippen LogP contribution in [-0.4, -0.2) is 31.9 Å². The fourth-order valence-electron chi connectivity index (χ4n) is 3.22. The summed E-state index contributed by atoms with van der Waals surface area (Å²) < 4.78 is 28.0. The molecule has 0 saturated carbocycles. The van der Waals surface area contributed by atoms with E-state index < -0.39 is 10.0 Å². The molecule has 1 aliphatic rings. The van der Waals surface area contributed by atoms with Crippen LogP contribution in [0.25, 0.3) is 10.9 Å². The lowest BCUT2D eigenvalue weighted by Crippen LogP contribution is -2.26. The molecule has 2 N–H and O–H groups in total. The second kappa shape index (κ2) is 5.65. The van der Waals surface area contributed by atoms with Gasteiger partial charge in [-0.3, -0.25) is 4.72 Å². The number of rotatable bonds is 3. The number of anilines is 1. The quantitative estimate of drug-likeness (QED) is 0.770. The average Bonchev–Trinajstić information content (AvgIpc) is 2.92. The number of likely N-dealkylation sites (N-methyl/N-ethyl adjacent to an activating group) is 1. The Labute approximate surface area is 141 Å². The van der Waals surface area contributed by atoms with Gasteiger partial charge in [-0.25, -0.2) is 8.42 Å². The molecule has 0 spiro atoms. The summed E-state index contributed by atoms with van der Waals surface area (Å²) in [5.41, 5.74) is 3.98. The minimum atomic E-state index is -3.60. The summed E-state index contributed by atoms with van der Waals surface area (Å²) in [6, 6.07) is 14.2. The van der Waals surface area contributed by atoms with Crippen molar-refractivity contribution in [2.24, 2.45) is 0 Å². The predicted molar refractivity (Wildman–Crippen MR) is 95.6 cm³/mol. The van der Waals surface area contributed by atoms with E-state index in [0.717, 1.165) is 30.4 Å². The standard InChI is InChI=1S/C18H19N3O2S/c1-21-10-9-18-16(12-21)15-11-14(7-8-17(15)19-18)24(22,23)20-13-5-3-2-4-6-13/h2-8,11,19-20H,9-10,12H2,1H3. The number of para-hydroxylation sites is 1. The first-order valence-corrected chi connectivity index (χ1v) is 9.41. The Balaban J connectivity index is 1.76. The van der Waals surface area contributed by atoms with Crippen LogP contribution in [0.1, 0.15) is 11.3 Å². The van der Waals surface area contributed by atoms with Crippen LogP contribution in [0.3, 0.4) is 0 Å². The van der Waals surface area contributed by atoms with Gasteiger partial charge in [0.25, 0.3) is 10.0 Å². The molecule has 2 heterocycles. The van der Waals surface area contributed by atoms with Crippen molar-refractivity contribution in [3.05, 3.63) is 59.8 Å². The molecule has 3 aromatic rings. The SMILES string of the molecule is CN1CCc2[nH]c3ccc(S(=O)(=O)Nc4ccccc4)cc3c2C1. The van der Waals surface area contributed by atoms with E-state index in [-0.39, 0.29) is 4.90 Å². The van der Waals surface area contributed by atoms with Crippen molar-refractivity contribution < 1.29 is 8.42 Å². The van der Waals surface area contributed by atoms with Crippen LogP contribution in [0.15, 0.2) is 53.4 Å². The van der Waals surface area contributed by atoms with Crippen LogP contribution in [-0.2, 0) is 23.0 Å². The van der Waals surface area contributed by atoms with Gasteiger partial charge in [0.2, 0.25) is 0 Å². The van der Waals surface area contributed by atoms with Crippen molar-refractivity contribution in [2.75, 3.05) is 18.3 Å². The molecule has 0 atom stereocenters. The van der Waals surface area contributed by atoms with Crippen molar-refractivity contribution in [3.63, 3.8) is 0 Å². The summed E-state index contributed by atoms with van der Waals surface area (Å²) >= 11 is 0. The van der Waals surface area contributed by atoms with Crippen LogP contribution in [0.2, 0.25) is 0 Å². The number of H-pyrrole nitrogens is 1. The van der Waals surface area contributed by atoms with E-state index in [1.54, 1.807) is 36.4 Å². The number of benzene rings is 2. The van der Waals surface area contributed by atoms with Gasteiger partial charge in [0.1, 0.15) is 0 Å². The third kappa shape index (κ3) is 2.68. The third-order valence-corrected chi connectivity index (χ3v) is 5.85. The van der Waals surface area contributed by atoms with Gasteiger partial charge < -0.3 is 9.88 Å². The molecular weight excluding hydrogens is 322 g/mol. The summed E-state index contributed by atoms with van der Waals surface area (Å²) in [4.78, 5) is 5.96. The maximum absolute atomic E-state index is 12.7. The third-order valence-electron chi connectivity index (χ3n) is 4.47. The van der Waals surface area contributed by atoms with Crippen molar-refractivity contribution in [3.8, 4) is 0 Å². The monoisotopic (exact) mass is 341 g/mol. The zero-order chi connectivity index (χ0) is 16.7. The Kier molecular flexibility index (Phi) is 3.58. The number of sulfonamides is 1. The van der Waals surface area contributed by atoms with Crippen LogP contribution in [0, 0.1) is 0 Å². The highest BCUT2D eigenvalue weighted by atomic mass is 32.2. The van der Waals surface area contributed by atoms with E-state index in [2.05, 4.69) is 21.7 Å². The maximum Gasteiger partial charge on any atom is 0.261 e. The Bertz CT molecular complexity index is 994. The van der Waals surface area contributed by atoms with Gasteiger partial charge in [-0.1, -0.05) is 18.2 Å². The molecule has 0 fully saturated rings. The number of aromatic nitrogens is 1. The molecule has 0 radical (unpaired) electrons. The molecule has 4 rings (SSSR count). The lowest BCUT2D eigenvalue weighted by Gasteiger charge is -2.22. The summed E-state index contributed by atoms with van der Waals surface area (Å²) in [7, 11) is -1.52. The molecule has 24 heavy (non-hydrogen) atoms. The maximum atomic E-state index is 12.7. The molecule has 1 aliphatic heterocycles. The van der Waals surface area contributed by atoms with Crippen LogP contribution < -0.4 is 4.72 Å². The fourth-order valence-corrected chi connectivity index (χ4v) is 4.30. The van der Waals surface area contributed by atoms with Crippen LogP contribution in [0.5, 0.6) is 0 Å². The molecule has 0 bridgehead atoms. The number of hydrogen-bond acceptors (Lipinski definition) is 3. The van der Waals surface area contributed by atoms with Gasteiger partial charge in [0, 0.05) is 41.8 Å². The highest BCUT2D eigenvalue weighted by molar-refractivity contribution is 7.92. The number of aromatic amines is 1. The Morgan fingerprint density at radius 1 is 1.12 bits per heavy atom. The van der Waals surface area contributed by atoms with Crippen LogP contribution in [0.4, 0.5) is 5.69 Å². The second-order valence-corrected chi connectivity index (χ2v) is 7.93. The minimum Gasteiger partial charge on any atom is -0.358 e. The molecule has 5 nitrogen and oxygen atoms in total. The molecule has 1 aromatic heterocycles. The lowest BCUT2D eigenvalue weighted by atomic mass is 10.1. The van der Waals surface area contributed by atoms with Crippen molar-refractivity contribution in [1.82, 2.24) is 9.88 Å². The largest absolute Gasteiger partial charge is 0.358 e. The highest BCUT2D eigenvalue weighted by Crippen LogP contribution is 2.29. The van der Waals surface area contributed by atoms with Crippen molar-refractivity contribution >= 4 is 26.6 Å². The van der Waals surface area contributed by atoms with E-state index in [1.807, 2.05) is 12.1 Å². The topological polar surface area (TPSA) is 65.2 Å². The van der Waals surface area contributed by atoms with E-state index in [4.69, 9.17) is 0 Å². The van der Waals surface area contributed by atoms with E-state index in [9.17, 15) is 8.42 Å². The Morgan fingerprint density at radius 3 is 2.71 bits per heavy atom. The molecule has 2 aromatic carbocycles. The van der Waals surface area contributed by atoms with E-state index in [1.165, 1.54) is 11.3 Å². The molecule has 0 unspecified atom stereocenters. The summed E-state index contributed by atoms with van der Waals surface area (Å²) in [5, 5.41) is 0.993. The molecule has 0 saturated heterocycles. The Morgan fingerprint density at radius 2 is 1.92 bits per heavy atom. The van der Waals surface area contributed by atoms with Gasteiger partial charge in [-0.2, -0.15) is 0 Å². The zero-order valence-corrected chi connectivity index (χ0v) is 14.2. The summed E-state index contributed by atoms with van der Waals surface area (Å²) in [6.07, 6.45) is 0.963. The van der Waals surface area contributed by atoms with Gasteiger partial charge in [-0.15, -0.1) is 0 Å². The van der Waals surface area contributed by atoms with E-state index in [0.29, 0.717) is 5.69 Å². The molecule has 0 aliphatic carbocycles. The second-order valence-electron chi connectivity index (χ2n) is 6.25. The summed E-state index contributed by atoms with van der Waals surface area (Å²) in [6.45, 7) is 1.85. The Hall–Kier alpha value is -2.31. The van der Waals surface area contributed by atoms with E-state index >= 15 is 0 Å². The van der Waals surface area contributed by atoms with Crippen molar-refractivity contribution in [1.29, 1.82) is 0 Å². The fraction of sp³-hybridized carbons (Fsp3) is 0.222. The highest BCUT2D eigenvalue weighted by Gasteiger charge is 2.21. The van der Waals surface area contributed by atoms with Gasteiger partial charge in [0.05, 0.1) is 4.90 Å². The minimum absolute atomic E-state index is 0.286. The molecule has 0 amide bonds. The molecular formula is C18H19N3O2S. The van der Waals surface area contributed by atoms with Crippen LogP contribution >= 0.6 is 0 Å². The summed E-state index contributed by atoms with van der Waals surface area (Å²) in [5.74, 6) is 0. The van der Waals surface area contributed by atoms with Crippen molar-refractivity contribution in [2.45, 2.75) is 17.9 Å². The van der Waals surface area contributed by atoms with Gasteiger partial charge >= 0.3 is 0 Å². The number of hydrogen-bond donors (Lipinski definition) is 2.